The second kappa shape index (κ2) is 4.60. The molecule has 0 aliphatic carbocycles. The Hall–Kier alpha value is -0.830. The molecule has 0 aromatic carbocycles. The monoisotopic (exact) mass is 197 g/mol. The van der Waals surface area contributed by atoms with Gasteiger partial charge in [0.15, 0.2) is 0 Å². The van der Waals surface area contributed by atoms with Crippen LogP contribution in [0.4, 0.5) is 0 Å². The number of hydrogen-bond acceptors (Lipinski definition) is 2. The molecule has 1 N–H and O–H groups in total. The highest BCUT2D eigenvalue weighted by Crippen LogP contribution is 2.19. The average Bonchev–Trinajstić information content (AvgIpc) is 2.44. The molecule has 1 fully saturated rings. The van der Waals surface area contributed by atoms with Crippen LogP contribution in [0.2, 0.25) is 0 Å². The molecule has 3 nitrogen and oxygen atoms in total. The molecule has 0 bridgehead atoms. The lowest BCUT2D eigenvalue weighted by atomic mass is 10.2. The van der Waals surface area contributed by atoms with Crippen LogP contribution >= 0.6 is 0 Å². The first-order valence-corrected chi connectivity index (χ1v) is 5.22. The number of likely N-dealkylation sites (tertiary alicyclic amines) is 1. The van der Waals surface area contributed by atoms with Gasteiger partial charge < -0.3 is 10.0 Å². The van der Waals surface area contributed by atoms with Gasteiger partial charge in [0.2, 0.25) is 5.91 Å². The lowest BCUT2D eigenvalue weighted by Gasteiger charge is -2.21. The van der Waals surface area contributed by atoms with Crippen LogP contribution in [0.15, 0.2) is 11.6 Å². The summed E-state index contributed by atoms with van der Waals surface area (Å²) in [4.78, 5) is 13.6. The second-order valence-electron chi connectivity index (χ2n) is 3.99. The Morgan fingerprint density at radius 3 is 2.71 bits per heavy atom. The molecule has 1 amide bonds. The predicted octanol–water partition coefficient (Wildman–Crippen LogP) is 1.32. The molecule has 3 heteroatoms. The van der Waals surface area contributed by atoms with Gasteiger partial charge in [-0.25, -0.2) is 0 Å². The van der Waals surface area contributed by atoms with Gasteiger partial charge in [0, 0.05) is 18.2 Å². The Kier molecular flexibility index (Phi) is 3.69. The Labute approximate surface area is 85.4 Å². The van der Waals surface area contributed by atoms with Gasteiger partial charge in [-0.2, -0.15) is 0 Å². The highest BCUT2D eigenvalue weighted by Gasteiger charge is 2.31. The van der Waals surface area contributed by atoms with E-state index in [0.29, 0.717) is 13.0 Å². The quantitative estimate of drug-likeness (QED) is 0.678. The molecule has 0 spiro atoms. The average molecular weight is 197 g/mol. The number of allylic oxidation sites excluding steroid dienone is 1. The minimum Gasteiger partial charge on any atom is -0.391 e. The van der Waals surface area contributed by atoms with Gasteiger partial charge in [-0.05, 0) is 26.7 Å². The molecule has 2 atom stereocenters. The number of aliphatic hydroxyl groups excluding tert-OH is 1. The number of amides is 1. The van der Waals surface area contributed by atoms with Crippen LogP contribution in [0.25, 0.3) is 0 Å². The van der Waals surface area contributed by atoms with Crippen molar-refractivity contribution in [1.82, 2.24) is 4.90 Å². The predicted molar refractivity (Wildman–Crippen MR) is 55.8 cm³/mol. The van der Waals surface area contributed by atoms with E-state index in [0.717, 1.165) is 12.0 Å². The third-order valence-electron chi connectivity index (χ3n) is 2.66. The largest absolute Gasteiger partial charge is 0.391 e. The smallest absolute Gasteiger partial charge is 0.249 e. The lowest BCUT2D eigenvalue weighted by molar-refractivity contribution is -0.127. The SMILES string of the molecule is CC/C=C(/C)C(=O)N1CC(O)CC1C. The molecule has 1 aliphatic rings. The van der Waals surface area contributed by atoms with Crippen LogP contribution in [0.5, 0.6) is 0 Å². The molecular weight excluding hydrogens is 178 g/mol. The Bertz CT molecular complexity index is 248. The fourth-order valence-electron chi connectivity index (χ4n) is 1.91. The molecule has 1 saturated heterocycles. The van der Waals surface area contributed by atoms with Gasteiger partial charge in [0.1, 0.15) is 0 Å². The maximum atomic E-state index is 11.8. The summed E-state index contributed by atoms with van der Waals surface area (Å²) in [6.07, 6.45) is 3.16. The maximum Gasteiger partial charge on any atom is 0.249 e. The van der Waals surface area contributed by atoms with Gasteiger partial charge in [-0.15, -0.1) is 0 Å². The van der Waals surface area contributed by atoms with Crippen molar-refractivity contribution < 1.29 is 9.90 Å². The van der Waals surface area contributed by atoms with Crippen LogP contribution < -0.4 is 0 Å². The van der Waals surface area contributed by atoms with Crippen LogP contribution in [-0.4, -0.2) is 34.6 Å². The summed E-state index contributed by atoms with van der Waals surface area (Å²) in [5.74, 6) is 0.0656. The number of hydrogen-bond donors (Lipinski definition) is 1. The van der Waals surface area contributed by atoms with Crippen molar-refractivity contribution in [2.24, 2.45) is 0 Å². The van der Waals surface area contributed by atoms with Crippen LogP contribution in [-0.2, 0) is 4.79 Å². The van der Waals surface area contributed by atoms with E-state index in [4.69, 9.17) is 0 Å². The van der Waals surface area contributed by atoms with E-state index in [1.54, 1.807) is 4.90 Å². The minimum atomic E-state index is -0.344. The minimum absolute atomic E-state index is 0.0656. The molecule has 2 unspecified atom stereocenters. The van der Waals surface area contributed by atoms with Crippen molar-refractivity contribution in [1.29, 1.82) is 0 Å². The molecule has 1 heterocycles. The van der Waals surface area contributed by atoms with Crippen molar-refractivity contribution in [3.63, 3.8) is 0 Å². The lowest BCUT2D eigenvalue weighted by Crippen LogP contribution is -2.34. The standard InChI is InChI=1S/C11H19NO2/c1-4-5-8(2)11(14)12-7-10(13)6-9(12)3/h5,9-10,13H,4,6-7H2,1-3H3/b8-5-. The molecule has 1 rings (SSSR count). The summed E-state index contributed by atoms with van der Waals surface area (Å²) in [6.45, 7) is 6.31. The zero-order valence-corrected chi connectivity index (χ0v) is 9.16. The maximum absolute atomic E-state index is 11.8. The topological polar surface area (TPSA) is 40.5 Å². The van der Waals surface area contributed by atoms with Crippen molar-refractivity contribution in [3.8, 4) is 0 Å². The molecule has 1 aliphatic heterocycles. The molecule has 0 aromatic heterocycles. The Morgan fingerprint density at radius 1 is 1.64 bits per heavy atom. The number of nitrogens with zero attached hydrogens (tertiary/aromatic N) is 1. The summed E-state index contributed by atoms with van der Waals surface area (Å²) in [6, 6.07) is 0.165. The zero-order chi connectivity index (χ0) is 10.7. The summed E-state index contributed by atoms with van der Waals surface area (Å²) < 4.78 is 0. The first kappa shape index (κ1) is 11.2. The van der Waals surface area contributed by atoms with E-state index in [-0.39, 0.29) is 18.1 Å². The van der Waals surface area contributed by atoms with E-state index in [1.165, 1.54) is 0 Å². The van der Waals surface area contributed by atoms with Crippen LogP contribution in [0.1, 0.15) is 33.6 Å². The van der Waals surface area contributed by atoms with Crippen LogP contribution in [0.3, 0.4) is 0 Å². The number of aliphatic hydroxyl groups is 1. The number of carbonyl (C=O) groups is 1. The zero-order valence-electron chi connectivity index (χ0n) is 9.16. The summed E-state index contributed by atoms with van der Waals surface area (Å²) in [7, 11) is 0. The van der Waals surface area contributed by atoms with Crippen LogP contribution in [0, 0.1) is 0 Å². The fraction of sp³-hybridized carbons (Fsp3) is 0.727. The number of β-amino-alcohol motifs (C(OH)–C–C–N with tert-alkyl or cyclic N) is 1. The Balaban J connectivity index is 2.66. The van der Waals surface area contributed by atoms with Gasteiger partial charge in [0.25, 0.3) is 0 Å². The molecule has 14 heavy (non-hydrogen) atoms. The third kappa shape index (κ3) is 2.35. The van der Waals surface area contributed by atoms with E-state index < -0.39 is 0 Å². The number of rotatable bonds is 2. The van der Waals surface area contributed by atoms with Crippen molar-refractivity contribution in [2.75, 3.05) is 6.54 Å². The van der Waals surface area contributed by atoms with Crippen molar-refractivity contribution in [3.05, 3.63) is 11.6 Å². The fourth-order valence-corrected chi connectivity index (χ4v) is 1.91. The first-order valence-electron chi connectivity index (χ1n) is 5.22. The first-order chi connectivity index (χ1) is 6.56. The third-order valence-corrected chi connectivity index (χ3v) is 2.66. The number of carbonyl (C=O) groups excluding carboxylic acids is 1. The van der Waals surface area contributed by atoms with Crippen molar-refractivity contribution >= 4 is 5.91 Å². The van der Waals surface area contributed by atoms with Gasteiger partial charge >= 0.3 is 0 Å². The van der Waals surface area contributed by atoms with Gasteiger partial charge in [0.05, 0.1) is 6.10 Å². The van der Waals surface area contributed by atoms with E-state index in [9.17, 15) is 9.90 Å². The highest BCUT2D eigenvalue weighted by atomic mass is 16.3. The summed E-state index contributed by atoms with van der Waals surface area (Å²) in [5.41, 5.74) is 0.786. The molecule has 80 valence electrons. The second-order valence-corrected chi connectivity index (χ2v) is 3.99. The van der Waals surface area contributed by atoms with Gasteiger partial charge in [-0.1, -0.05) is 13.0 Å². The van der Waals surface area contributed by atoms with E-state index >= 15 is 0 Å². The van der Waals surface area contributed by atoms with E-state index in [1.807, 2.05) is 26.8 Å². The van der Waals surface area contributed by atoms with Crippen molar-refractivity contribution in [2.45, 2.75) is 45.8 Å². The Morgan fingerprint density at radius 2 is 2.29 bits per heavy atom. The molecule has 0 saturated carbocycles. The molecular formula is C11H19NO2. The highest BCUT2D eigenvalue weighted by molar-refractivity contribution is 5.93. The molecule has 0 radical (unpaired) electrons. The normalized spacial score (nSPS) is 28.3. The summed E-state index contributed by atoms with van der Waals surface area (Å²) in [5, 5.41) is 9.42. The molecule has 0 aromatic rings. The van der Waals surface area contributed by atoms with E-state index in [2.05, 4.69) is 0 Å². The van der Waals surface area contributed by atoms with Gasteiger partial charge in [-0.3, -0.25) is 4.79 Å². The summed E-state index contributed by atoms with van der Waals surface area (Å²) >= 11 is 0.